The average Bonchev–Trinajstić information content (AvgIpc) is 2.97. The average molecular weight is 343 g/mol. The van der Waals surface area contributed by atoms with Crippen LogP contribution in [-0.2, 0) is 11.2 Å². The molecule has 5 nitrogen and oxygen atoms in total. The Kier molecular flexibility index (Phi) is 5.04. The highest BCUT2D eigenvalue weighted by molar-refractivity contribution is 7.99. The van der Waals surface area contributed by atoms with Crippen LogP contribution in [0.2, 0.25) is 0 Å². The summed E-state index contributed by atoms with van der Waals surface area (Å²) in [5.74, 6) is 1.42. The first-order chi connectivity index (χ1) is 11.6. The second kappa shape index (κ2) is 7.21. The van der Waals surface area contributed by atoms with Crippen molar-refractivity contribution in [3.05, 3.63) is 41.3 Å². The van der Waals surface area contributed by atoms with Crippen molar-refractivity contribution in [3.63, 3.8) is 0 Å². The first kappa shape index (κ1) is 16.8. The predicted molar refractivity (Wildman–Crippen MR) is 96.5 cm³/mol. The number of hydrogen-bond acceptors (Lipinski definition) is 5. The van der Waals surface area contributed by atoms with Crippen LogP contribution in [0.5, 0.6) is 5.75 Å². The third kappa shape index (κ3) is 3.70. The number of ether oxygens (including phenoxy) is 1. The van der Waals surface area contributed by atoms with Crippen molar-refractivity contribution in [2.24, 2.45) is 0 Å². The number of carbonyl (C=O) groups excluding carboxylic acids is 1. The molecule has 1 aromatic carbocycles. The molecular weight excluding hydrogens is 322 g/mol. The van der Waals surface area contributed by atoms with Gasteiger partial charge in [0, 0.05) is 18.2 Å². The summed E-state index contributed by atoms with van der Waals surface area (Å²) < 4.78 is 5.92. The number of benzene rings is 1. The number of thioether (sulfide) groups is 1. The second-order valence-corrected chi connectivity index (χ2v) is 6.82. The van der Waals surface area contributed by atoms with Crippen LogP contribution in [0, 0.1) is 13.8 Å². The molecule has 0 spiro atoms. The zero-order valence-corrected chi connectivity index (χ0v) is 14.9. The molecule has 1 aliphatic heterocycles. The lowest BCUT2D eigenvalue weighted by molar-refractivity contribution is -0.118. The minimum atomic E-state index is -0.00857. The number of nitrogens with zero attached hydrogens (tertiary/aromatic N) is 2. The summed E-state index contributed by atoms with van der Waals surface area (Å²) in [6, 6.07) is 6.12. The SMILES string of the molecule is CSCC(=O)NC[C@@H]1Cc2cc(-c3nc(C)cnc3C)ccc2O1. The van der Waals surface area contributed by atoms with Crippen molar-refractivity contribution < 1.29 is 9.53 Å². The molecule has 2 heterocycles. The number of aromatic nitrogens is 2. The first-order valence-corrected chi connectivity index (χ1v) is 9.32. The molecule has 0 fully saturated rings. The van der Waals surface area contributed by atoms with Crippen molar-refractivity contribution >= 4 is 17.7 Å². The van der Waals surface area contributed by atoms with Gasteiger partial charge in [-0.2, -0.15) is 11.8 Å². The minimum Gasteiger partial charge on any atom is -0.488 e. The maximum atomic E-state index is 11.6. The summed E-state index contributed by atoms with van der Waals surface area (Å²) in [4.78, 5) is 20.6. The molecule has 1 atom stereocenters. The van der Waals surface area contributed by atoms with Gasteiger partial charge in [-0.25, -0.2) is 4.98 Å². The lowest BCUT2D eigenvalue weighted by atomic mass is 10.0. The van der Waals surface area contributed by atoms with E-state index in [0.717, 1.165) is 40.4 Å². The van der Waals surface area contributed by atoms with Crippen LogP contribution in [0.15, 0.2) is 24.4 Å². The van der Waals surface area contributed by atoms with E-state index in [0.29, 0.717) is 12.3 Å². The van der Waals surface area contributed by atoms with Crippen molar-refractivity contribution in [1.29, 1.82) is 0 Å². The third-order valence-electron chi connectivity index (χ3n) is 3.95. The van der Waals surface area contributed by atoms with Gasteiger partial charge in [-0.15, -0.1) is 0 Å². The van der Waals surface area contributed by atoms with Gasteiger partial charge in [0.25, 0.3) is 0 Å². The molecule has 0 unspecified atom stereocenters. The molecule has 3 rings (SSSR count). The molecule has 0 radical (unpaired) electrons. The number of fused-ring (bicyclic) bond motifs is 1. The normalized spacial score (nSPS) is 15.7. The highest BCUT2D eigenvalue weighted by Gasteiger charge is 2.24. The quantitative estimate of drug-likeness (QED) is 0.904. The summed E-state index contributed by atoms with van der Waals surface area (Å²) in [5.41, 5.74) is 4.94. The van der Waals surface area contributed by atoms with Crippen LogP contribution < -0.4 is 10.1 Å². The van der Waals surface area contributed by atoms with Crippen LogP contribution in [-0.4, -0.2) is 40.5 Å². The Morgan fingerprint density at radius 1 is 1.42 bits per heavy atom. The van der Waals surface area contributed by atoms with Crippen LogP contribution in [0.3, 0.4) is 0 Å². The Labute approximate surface area is 146 Å². The molecule has 0 bridgehead atoms. The molecule has 126 valence electrons. The number of hydrogen-bond donors (Lipinski definition) is 1. The minimum absolute atomic E-state index is 0.00857. The van der Waals surface area contributed by atoms with Crippen LogP contribution >= 0.6 is 11.8 Å². The summed E-state index contributed by atoms with van der Waals surface area (Å²) >= 11 is 1.52. The number of amides is 1. The largest absolute Gasteiger partial charge is 0.488 e. The summed E-state index contributed by atoms with van der Waals surface area (Å²) in [6.45, 7) is 4.45. The van der Waals surface area contributed by atoms with Gasteiger partial charge < -0.3 is 10.1 Å². The Morgan fingerprint density at radius 2 is 2.25 bits per heavy atom. The molecule has 2 aromatic rings. The van der Waals surface area contributed by atoms with Gasteiger partial charge in [-0.05, 0) is 43.9 Å². The van der Waals surface area contributed by atoms with E-state index in [4.69, 9.17) is 4.74 Å². The fourth-order valence-electron chi connectivity index (χ4n) is 2.80. The van der Waals surface area contributed by atoms with Gasteiger partial charge in [0.05, 0.1) is 29.4 Å². The molecular formula is C18H21N3O2S. The van der Waals surface area contributed by atoms with Crippen molar-refractivity contribution in [2.45, 2.75) is 26.4 Å². The summed E-state index contributed by atoms with van der Waals surface area (Å²) in [7, 11) is 0. The van der Waals surface area contributed by atoms with Gasteiger partial charge in [0.15, 0.2) is 0 Å². The molecule has 6 heteroatoms. The van der Waals surface area contributed by atoms with Crippen LogP contribution in [0.4, 0.5) is 0 Å². The molecule has 1 aliphatic rings. The molecule has 1 aromatic heterocycles. The van der Waals surface area contributed by atoms with Crippen molar-refractivity contribution in [2.75, 3.05) is 18.6 Å². The Balaban J connectivity index is 1.72. The summed E-state index contributed by atoms with van der Waals surface area (Å²) in [6.07, 6.45) is 4.48. The Bertz CT molecular complexity index is 764. The highest BCUT2D eigenvalue weighted by Crippen LogP contribution is 2.33. The number of rotatable bonds is 5. The number of nitrogens with one attached hydrogen (secondary N) is 1. The zero-order chi connectivity index (χ0) is 17.1. The van der Waals surface area contributed by atoms with Crippen LogP contribution in [0.25, 0.3) is 11.3 Å². The molecule has 1 N–H and O–H groups in total. The maximum absolute atomic E-state index is 11.6. The Hall–Kier alpha value is -2.08. The lowest BCUT2D eigenvalue weighted by Crippen LogP contribution is -2.35. The predicted octanol–water partition coefficient (Wildman–Crippen LogP) is 2.54. The lowest BCUT2D eigenvalue weighted by Gasteiger charge is -2.11. The van der Waals surface area contributed by atoms with Crippen molar-refractivity contribution in [3.8, 4) is 17.0 Å². The molecule has 0 aliphatic carbocycles. The fraction of sp³-hybridized carbons (Fsp3) is 0.389. The zero-order valence-electron chi connectivity index (χ0n) is 14.1. The molecule has 0 saturated carbocycles. The smallest absolute Gasteiger partial charge is 0.230 e. The highest BCUT2D eigenvalue weighted by atomic mass is 32.2. The molecule has 0 saturated heterocycles. The van der Waals surface area contributed by atoms with E-state index < -0.39 is 0 Å². The maximum Gasteiger partial charge on any atom is 0.230 e. The molecule has 1 amide bonds. The van der Waals surface area contributed by atoms with Gasteiger partial charge in [0.2, 0.25) is 5.91 Å². The van der Waals surface area contributed by atoms with E-state index in [1.54, 1.807) is 6.20 Å². The van der Waals surface area contributed by atoms with Gasteiger partial charge in [-0.1, -0.05) is 0 Å². The number of aryl methyl sites for hydroxylation is 2. The summed E-state index contributed by atoms with van der Waals surface area (Å²) in [5, 5.41) is 2.92. The third-order valence-corrected chi connectivity index (χ3v) is 4.50. The van der Waals surface area contributed by atoms with E-state index in [1.165, 1.54) is 11.8 Å². The standard InChI is InChI=1S/C18H21N3O2S/c1-11-8-19-12(2)18(21-11)13-4-5-16-14(6-13)7-15(23-16)9-20-17(22)10-24-3/h4-6,8,15H,7,9-10H2,1-3H3,(H,20,22)/t15-/m0/s1. The fourth-order valence-corrected chi connectivity index (χ4v) is 3.17. The van der Waals surface area contributed by atoms with Gasteiger partial charge in [-0.3, -0.25) is 9.78 Å². The van der Waals surface area contributed by atoms with Gasteiger partial charge in [0.1, 0.15) is 11.9 Å². The number of carbonyl (C=O) groups is 1. The van der Waals surface area contributed by atoms with Crippen molar-refractivity contribution in [1.82, 2.24) is 15.3 Å². The second-order valence-electron chi connectivity index (χ2n) is 5.95. The van der Waals surface area contributed by atoms with E-state index in [9.17, 15) is 4.79 Å². The van der Waals surface area contributed by atoms with Gasteiger partial charge >= 0.3 is 0 Å². The van der Waals surface area contributed by atoms with E-state index in [-0.39, 0.29) is 12.0 Å². The van der Waals surface area contributed by atoms with Crippen LogP contribution in [0.1, 0.15) is 17.0 Å². The topological polar surface area (TPSA) is 64.1 Å². The molecule has 24 heavy (non-hydrogen) atoms. The first-order valence-electron chi connectivity index (χ1n) is 7.92. The monoisotopic (exact) mass is 343 g/mol. The van der Waals surface area contributed by atoms with E-state index >= 15 is 0 Å². The van der Waals surface area contributed by atoms with E-state index in [2.05, 4.69) is 21.4 Å². The van der Waals surface area contributed by atoms with E-state index in [1.807, 2.05) is 32.2 Å². The Morgan fingerprint density at radius 3 is 3.04 bits per heavy atom.